The summed E-state index contributed by atoms with van der Waals surface area (Å²) in [4.78, 5) is 13.9. The Hall–Kier alpha value is -1.68. The van der Waals surface area contributed by atoms with Gasteiger partial charge in [0.25, 0.3) is 10.0 Å². The molecule has 1 amide bonds. The topological polar surface area (TPSA) is 75.3 Å². The number of nitrogens with one attached hydrogen (secondary N) is 2. The van der Waals surface area contributed by atoms with Crippen LogP contribution in [0.4, 0.5) is 17.6 Å². The minimum Gasteiger partial charge on any atom is -0.277 e. The molecule has 0 aromatic heterocycles. The molecule has 28 heavy (non-hydrogen) atoms. The summed E-state index contributed by atoms with van der Waals surface area (Å²) in [5.41, 5.74) is -0.0925. The monoisotopic (exact) mass is 420 g/mol. The summed E-state index contributed by atoms with van der Waals surface area (Å²) in [6.07, 6.45) is 0.415. The van der Waals surface area contributed by atoms with E-state index in [9.17, 15) is 30.8 Å². The Balaban J connectivity index is 1.50. The highest BCUT2D eigenvalue weighted by Crippen LogP contribution is 2.60. The molecular weight excluding hydrogens is 400 g/mol. The maximum atomic E-state index is 13.4. The Labute approximate surface area is 159 Å². The van der Waals surface area contributed by atoms with Gasteiger partial charge in [-0.25, -0.2) is 12.8 Å². The first kappa shape index (κ1) is 19.6. The van der Waals surface area contributed by atoms with Gasteiger partial charge < -0.3 is 0 Å². The van der Waals surface area contributed by atoms with Crippen molar-refractivity contribution in [3.63, 3.8) is 0 Å². The quantitative estimate of drug-likeness (QED) is 0.579. The first-order valence-electron chi connectivity index (χ1n) is 9.17. The van der Waals surface area contributed by atoms with Crippen LogP contribution in [0.5, 0.6) is 0 Å². The van der Waals surface area contributed by atoms with Crippen LogP contribution >= 0.6 is 0 Å². The highest BCUT2D eigenvalue weighted by molar-refractivity contribution is 7.89. The summed E-state index contributed by atoms with van der Waals surface area (Å²) in [5, 5.41) is 0. The summed E-state index contributed by atoms with van der Waals surface area (Å²) < 4.78 is 76.5. The van der Waals surface area contributed by atoms with Gasteiger partial charge in [0, 0.05) is 0 Å². The molecule has 4 aliphatic carbocycles. The number of rotatable bonds is 4. The SMILES string of the molecule is O=C(NNS(=O)(=O)c1ccc(F)c(C(F)(F)F)c1)C12CC3CC(CC(C3)C1)C2. The third kappa shape index (κ3) is 3.41. The van der Waals surface area contributed by atoms with Crippen LogP contribution in [-0.2, 0) is 21.0 Å². The predicted molar refractivity (Wildman–Crippen MR) is 90.5 cm³/mol. The molecule has 0 unspecified atom stereocenters. The summed E-state index contributed by atoms with van der Waals surface area (Å²) in [5.74, 6) is -0.586. The maximum Gasteiger partial charge on any atom is 0.419 e. The largest absolute Gasteiger partial charge is 0.419 e. The molecule has 4 aliphatic rings. The number of hydrogen-bond acceptors (Lipinski definition) is 3. The van der Waals surface area contributed by atoms with Crippen molar-refractivity contribution in [2.45, 2.75) is 49.6 Å². The maximum absolute atomic E-state index is 13.4. The first-order valence-corrected chi connectivity index (χ1v) is 10.7. The standard InChI is InChI=1S/C18H20F4N2O3S/c19-15-2-1-13(6-14(15)18(20,21)22)28(26,27)24-23-16(25)17-7-10-3-11(8-17)5-12(4-10)9-17/h1-2,6,10-12,24H,3-5,7-9H2,(H,23,25). The minimum absolute atomic E-state index is 0.217. The Kier molecular flexibility index (Phi) is 4.50. The van der Waals surface area contributed by atoms with Gasteiger partial charge in [0.2, 0.25) is 5.91 Å². The zero-order valence-corrected chi connectivity index (χ0v) is 15.7. The van der Waals surface area contributed by atoms with E-state index in [2.05, 4.69) is 5.43 Å². The van der Waals surface area contributed by atoms with Crippen molar-refractivity contribution >= 4 is 15.9 Å². The highest BCUT2D eigenvalue weighted by Gasteiger charge is 2.54. The molecule has 5 nitrogen and oxygen atoms in total. The van der Waals surface area contributed by atoms with E-state index in [0.29, 0.717) is 43.1 Å². The van der Waals surface area contributed by atoms with Gasteiger partial charge in [-0.1, -0.05) is 0 Å². The van der Waals surface area contributed by atoms with Crippen LogP contribution in [0.25, 0.3) is 0 Å². The van der Waals surface area contributed by atoms with Gasteiger partial charge in [0.05, 0.1) is 15.9 Å². The molecule has 10 heteroatoms. The number of amides is 1. The number of carbonyl (C=O) groups excluding carboxylic acids is 1. The van der Waals surface area contributed by atoms with Crippen LogP contribution in [0.1, 0.15) is 44.1 Å². The second kappa shape index (κ2) is 6.41. The molecule has 4 saturated carbocycles. The van der Waals surface area contributed by atoms with E-state index in [0.717, 1.165) is 25.3 Å². The molecule has 2 N–H and O–H groups in total. The summed E-state index contributed by atoms with van der Waals surface area (Å²) >= 11 is 0. The Bertz CT molecular complexity index is 879. The molecule has 154 valence electrons. The van der Waals surface area contributed by atoms with Crippen LogP contribution in [0.3, 0.4) is 0 Å². The number of hydrazine groups is 1. The second-order valence-corrected chi connectivity index (χ2v) is 10.1. The van der Waals surface area contributed by atoms with Crippen LogP contribution in [-0.4, -0.2) is 14.3 Å². The smallest absolute Gasteiger partial charge is 0.277 e. The van der Waals surface area contributed by atoms with Crippen molar-refractivity contribution < 1.29 is 30.8 Å². The summed E-state index contributed by atoms with van der Waals surface area (Å²) in [6, 6.07) is 1.39. The lowest BCUT2D eigenvalue weighted by atomic mass is 9.49. The van der Waals surface area contributed by atoms with Gasteiger partial charge in [-0.15, -0.1) is 4.83 Å². The van der Waals surface area contributed by atoms with Crippen molar-refractivity contribution in [2.24, 2.45) is 23.2 Å². The van der Waals surface area contributed by atoms with Gasteiger partial charge in [0.1, 0.15) is 5.82 Å². The number of benzene rings is 1. The summed E-state index contributed by atoms with van der Waals surface area (Å²) in [7, 11) is -4.47. The zero-order chi connectivity index (χ0) is 20.3. The van der Waals surface area contributed by atoms with Crippen LogP contribution in [0, 0.1) is 29.0 Å². The van der Waals surface area contributed by atoms with E-state index in [1.165, 1.54) is 0 Å². The van der Waals surface area contributed by atoms with Crippen molar-refractivity contribution in [1.82, 2.24) is 10.3 Å². The normalized spacial score (nSPS) is 31.8. The van der Waals surface area contributed by atoms with E-state index in [-0.39, 0.29) is 6.07 Å². The lowest BCUT2D eigenvalue weighted by Gasteiger charge is -2.55. The molecule has 4 fully saturated rings. The van der Waals surface area contributed by atoms with E-state index in [4.69, 9.17) is 0 Å². The number of carbonyl (C=O) groups is 1. The number of sulfonamides is 1. The molecule has 0 saturated heterocycles. The molecular formula is C18H20F4N2O3S. The molecule has 0 spiro atoms. The molecule has 4 bridgehead atoms. The molecule has 0 heterocycles. The predicted octanol–water partition coefficient (Wildman–Crippen LogP) is 3.37. The highest BCUT2D eigenvalue weighted by atomic mass is 32.2. The number of hydrogen-bond donors (Lipinski definition) is 2. The third-order valence-electron chi connectivity index (χ3n) is 6.37. The lowest BCUT2D eigenvalue weighted by molar-refractivity contribution is -0.146. The molecule has 0 aliphatic heterocycles. The van der Waals surface area contributed by atoms with Crippen LogP contribution in [0.15, 0.2) is 23.1 Å². The molecule has 0 atom stereocenters. The van der Waals surface area contributed by atoms with Gasteiger partial charge >= 0.3 is 6.18 Å². The Morgan fingerprint density at radius 1 is 1.04 bits per heavy atom. The second-order valence-electron chi connectivity index (χ2n) is 8.40. The number of halogens is 4. The zero-order valence-electron chi connectivity index (χ0n) is 14.9. The molecule has 5 rings (SSSR count). The Morgan fingerprint density at radius 3 is 2.07 bits per heavy atom. The van der Waals surface area contributed by atoms with Crippen molar-refractivity contribution in [1.29, 1.82) is 0 Å². The van der Waals surface area contributed by atoms with Gasteiger partial charge in [-0.3, -0.25) is 10.2 Å². The third-order valence-corrected chi connectivity index (χ3v) is 7.62. The average molecular weight is 420 g/mol. The lowest BCUT2D eigenvalue weighted by Crippen LogP contribution is -2.56. The fourth-order valence-corrected chi connectivity index (χ4v) is 6.45. The fourth-order valence-electron chi connectivity index (χ4n) is 5.58. The van der Waals surface area contributed by atoms with Crippen LogP contribution < -0.4 is 10.3 Å². The van der Waals surface area contributed by atoms with Gasteiger partial charge in [-0.05, 0) is 74.5 Å². The van der Waals surface area contributed by atoms with E-state index < -0.39 is 43.8 Å². The van der Waals surface area contributed by atoms with E-state index in [1.807, 2.05) is 4.83 Å². The first-order chi connectivity index (χ1) is 13.0. The fraction of sp³-hybridized carbons (Fsp3) is 0.611. The molecule has 1 aromatic carbocycles. The summed E-state index contributed by atoms with van der Waals surface area (Å²) in [6.45, 7) is 0. The van der Waals surface area contributed by atoms with E-state index >= 15 is 0 Å². The molecule has 0 radical (unpaired) electrons. The van der Waals surface area contributed by atoms with E-state index in [1.54, 1.807) is 0 Å². The number of alkyl halides is 3. The van der Waals surface area contributed by atoms with Crippen molar-refractivity contribution in [3.8, 4) is 0 Å². The minimum atomic E-state index is -5.03. The average Bonchev–Trinajstić information content (AvgIpc) is 2.57. The molecule has 1 aromatic rings. The van der Waals surface area contributed by atoms with Gasteiger partial charge in [0.15, 0.2) is 0 Å². The Morgan fingerprint density at radius 2 is 1.57 bits per heavy atom. The van der Waals surface area contributed by atoms with Crippen molar-refractivity contribution in [2.75, 3.05) is 0 Å². The van der Waals surface area contributed by atoms with Crippen molar-refractivity contribution in [3.05, 3.63) is 29.6 Å². The van der Waals surface area contributed by atoms with Gasteiger partial charge in [-0.2, -0.15) is 13.2 Å². The van der Waals surface area contributed by atoms with Crippen LogP contribution in [0.2, 0.25) is 0 Å².